The van der Waals surface area contributed by atoms with Gasteiger partial charge in [-0.25, -0.2) is 0 Å². The van der Waals surface area contributed by atoms with Gasteiger partial charge in [0.1, 0.15) is 0 Å². The molecular weight excluding hydrogens is 581 g/mol. The Labute approximate surface area is 281 Å². The van der Waals surface area contributed by atoms with E-state index in [1.807, 2.05) is 24.4 Å². The van der Waals surface area contributed by atoms with Gasteiger partial charge in [-0.15, -0.1) is 0 Å². The Morgan fingerprint density at radius 2 is 1.33 bits per heavy atom. The van der Waals surface area contributed by atoms with E-state index >= 15 is 0 Å². The van der Waals surface area contributed by atoms with Crippen molar-refractivity contribution < 1.29 is 0 Å². The Bertz CT molecular complexity index is 2420. The largest absolute Gasteiger partial charge is 0.309 e. The van der Waals surface area contributed by atoms with E-state index in [2.05, 4.69) is 164 Å². The van der Waals surface area contributed by atoms with Gasteiger partial charge in [-0.05, 0) is 69.1 Å². The van der Waals surface area contributed by atoms with Gasteiger partial charge < -0.3 is 4.90 Å². The summed E-state index contributed by atoms with van der Waals surface area (Å²) in [4.78, 5) is 7.23. The van der Waals surface area contributed by atoms with E-state index < -0.39 is 5.41 Å². The van der Waals surface area contributed by atoms with Crippen LogP contribution in [0.15, 0.2) is 189 Å². The predicted octanol–water partition coefficient (Wildman–Crippen LogP) is 12.0. The van der Waals surface area contributed by atoms with E-state index in [-0.39, 0.29) is 0 Å². The molecule has 2 aliphatic rings. The predicted molar refractivity (Wildman–Crippen MR) is 201 cm³/mol. The Balaban J connectivity index is 1.45. The molecule has 0 saturated heterocycles. The van der Waals surface area contributed by atoms with Gasteiger partial charge in [-0.1, -0.05) is 147 Å². The van der Waals surface area contributed by atoms with Gasteiger partial charge in [0.15, 0.2) is 0 Å². The normalized spacial score (nSPS) is 15.8. The second-order valence-corrected chi connectivity index (χ2v) is 12.4. The molecule has 48 heavy (non-hydrogen) atoms. The molecule has 0 bridgehead atoms. The van der Waals surface area contributed by atoms with Crippen molar-refractivity contribution in [3.63, 3.8) is 0 Å². The summed E-state index contributed by atoms with van der Waals surface area (Å²) >= 11 is 0. The molecule has 7 aromatic rings. The molecule has 2 heteroatoms. The molecule has 0 fully saturated rings. The number of anilines is 3. The van der Waals surface area contributed by atoms with Gasteiger partial charge in [-0.3, -0.25) is 4.98 Å². The summed E-state index contributed by atoms with van der Waals surface area (Å²) in [6.07, 6.45) is 7.88. The summed E-state index contributed by atoms with van der Waals surface area (Å²) in [5.74, 6) is 0. The van der Waals surface area contributed by atoms with Gasteiger partial charge in [0.05, 0.1) is 22.5 Å². The highest BCUT2D eigenvalue weighted by molar-refractivity contribution is 6.19. The second kappa shape index (κ2) is 10.9. The van der Waals surface area contributed by atoms with Gasteiger partial charge in [0, 0.05) is 34.0 Å². The fraction of sp³-hybridized carbons (Fsp3) is 0.0217. The van der Waals surface area contributed by atoms with Crippen molar-refractivity contribution in [1.82, 2.24) is 4.98 Å². The minimum atomic E-state index is -0.574. The van der Waals surface area contributed by atoms with E-state index in [1.54, 1.807) is 0 Å². The molecule has 2 heterocycles. The number of hydrogen-bond acceptors (Lipinski definition) is 2. The lowest BCUT2D eigenvalue weighted by atomic mass is 9.67. The first-order chi connectivity index (χ1) is 23.8. The molecule has 1 atom stereocenters. The van der Waals surface area contributed by atoms with Crippen molar-refractivity contribution in [1.29, 1.82) is 0 Å². The van der Waals surface area contributed by atoms with Gasteiger partial charge in [0.25, 0.3) is 0 Å². The van der Waals surface area contributed by atoms with Crippen molar-refractivity contribution in [2.45, 2.75) is 5.41 Å². The number of rotatable bonds is 6. The monoisotopic (exact) mass is 612 g/mol. The number of para-hydroxylation sites is 1. The van der Waals surface area contributed by atoms with Crippen LogP contribution in [-0.4, -0.2) is 4.98 Å². The van der Waals surface area contributed by atoms with Crippen LogP contribution in [0.2, 0.25) is 0 Å². The zero-order chi connectivity index (χ0) is 32.2. The maximum absolute atomic E-state index is 4.75. The Morgan fingerprint density at radius 3 is 2.10 bits per heavy atom. The summed E-state index contributed by atoms with van der Waals surface area (Å²) in [6, 6.07) is 52.6. The van der Waals surface area contributed by atoms with Crippen molar-refractivity contribution in [2.24, 2.45) is 0 Å². The SMILES string of the molecule is C=C/C=C(\C=C)C1(c2ccccc2)c2ccccc2-c2c1ccc1c2N(c2ccccc2)c2cccc3c(-c4ccccn4)ccc-1c23. The summed E-state index contributed by atoms with van der Waals surface area (Å²) in [7, 11) is 0. The molecule has 1 unspecified atom stereocenters. The number of aromatic nitrogens is 1. The molecule has 1 aromatic heterocycles. The summed E-state index contributed by atoms with van der Waals surface area (Å²) in [5, 5.41) is 2.42. The quantitative estimate of drug-likeness (QED) is 0.174. The number of hydrogen-bond donors (Lipinski definition) is 0. The molecule has 0 amide bonds. The van der Waals surface area contributed by atoms with E-state index in [9.17, 15) is 0 Å². The molecule has 6 aromatic carbocycles. The molecule has 1 aliphatic heterocycles. The third kappa shape index (κ3) is 3.77. The van der Waals surface area contributed by atoms with Crippen molar-refractivity contribution in [3.8, 4) is 33.5 Å². The highest BCUT2D eigenvalue weighted by Crippen LogP contribution is 2.63. The average molecular weight is 613 g/mol. The first-order valence-corrected chi connectivity index (χ1v) is 16.4. The molecule has 9 rings (SSSR count). The number of nitrogens with zero attached hydrogens (tertiary/aromatic N) is 2. The van der Waals surface area contributed by atoms with Crippen molar-refractivity contribution >= 4 is 27.8 Å². The number of allylic oxidation sites excluding steroid dienone is 4. The lowest BCUT2D eigenvalue weighted by molar-refractivity contribution is 0.767. The highest BCUT2D eigenvalue weighted by atomic mass is 15.2. The smallest absolute Gasteiger partial charge is 0.0714 e. The van der Waals surface area contributed by atoms with Crippen LogP contribution in [0.25, 0.3) is 44.3 Å². The molecule has 0 radical (unpaired) electrons. The summed E-state index contributed by atoms with van der Waals surface area (Å²) in [6.45, 7) is 8.47. The van der Waals surface area contributed by atoms with Crippen molar-refractivity contribution in [2.75, 3.05) is 4.90 Å². The summed E-state index contributed by atoms with van der Waals surface area (Å²) < 4.78 is 0. The Morgan fingerprint density at radius 1 is 0.604 bits per heavy atom. The van der Waals surface area contributed by atoms with Crippen LogP contribution < -0.4 is 4.90 Å². The topological polar surface area (TPSA) is 16.1 Å². The van der Waals surface area contributed by atoms with Crippen LogP contribution in [0, 0.1) is 0 Å². The first-order valence-electron chi connectivity index (χ1n) is 16.4. The number of benzene rings is 6. The first kappa shape index (κ1) is 28.0. The summed E-state index contributed by atoms with van der Waals surface area (Å²) in [5.41, 5.74) is 14.7. The van der Waals surface area contributed by atoms with E-state index in [4.69, 9.17) is 4.98 Å². The lowest BCUT2D eigenvalue weighted by Crippen LogP contribution is -2.29. The van der Waals surface area contributed by atoms with Gasteiger partial charge in [0.2, 0.25) is 0 Å². The molecule has 226 valence electrons. The number of fused-ring (bicyclic) bond motifs is 6. The van der Waals surface area contributed by atoms with Crippen molar-refractivity contribution in [3.05, 3.63) is 205 Å². The molecule has 0 N–H and O–H groups in total. The van der Waals surface area contributed by atoms with Crippen LogP contribution in [0.3, 0.4) is 0 Å². The third-order valence-electron chi connectivity index (χ3n) is 10.1. The minimum Gasteiger partial charge on any atom is -0.309 e. The number of pyridine rings is 1. The highest BCUT2D eigenvalue weighted by Gasteiger charge is 2.48. The van der Waals surface area contributed by atoms with E-state index in [0.29, 0.717) is 0 Å². The molecule has 0 spiro atoms. The van der Waals surface area contributed by atoms with Crippen LogP contribution in [0.4, 0.5) is 17.1 Å². The van der Waals surface area contributed by atoms with Crippen LogP contribution in [-0.2, 0) is 5.41 Å². The van der Waals surface area contributed by atoms with E-state index in [0.717, 1.165) is 28.2 Å². The van der Waals surface area contributed by atoms with Gasteiger partial charge in [-0.2, -0.15) is 0 Å². The second-order valence-electron chi connectivity index (χ2n) is 12.4. The fourth-order valence-corrected chi connectivity index (χ4v) is 8.26. The zero-order valence-electron chi connectivity index (χ0n) is 26.5. The molecular formula is C46H32N2. The van der Waals surface area contributed by atoms with Crippen LogP contribution in [0.1, 0.15) is 16.7 Å². The molecule has 2 nitrogen and oxygen atoms in total. The molecule has 0 saturated carbocycles. The maximum Gasteiger partial charge on any atom is 0.0714 e. The fourth-order valence-electron chi connectivity index (χ4n) is 8.26. The third-order valence-corrected chi connectivity index (χ3v) is 10.1. The van der Waals surface area contributed by atoms with Crippen LogP contribution >= 0.6 is 0 Å². The minimum absolute atomic E-state index is 0.574. The van der Waals surface area contributed by atoms with Gasteiger partial charge >= 0.3 is 0 Å². The lowest BCUT2D eigenvalue weighted by Gasteiger charge is -2.37. The Kier molecular flexibility index (Phi) is 6.38. The Hall–Kier alpha value is -6.25. The van der Waals surface area contributed by atoms with E-state index in [1.165, 1.54) is 55.4 Å². The van der Waals surface area contributed by atoms with Crippen LogP contribution in [0.5, 0.6) is 0 Å². The molecule has 1 aliphatic carbocycles. The average Bonchev–Trinajstić information content (AvgIpc) is 3.46. The maximum atomic E-state index is 4.75. The zero-order valence-corrected chi connectivity index (χ0v) is 26.5. The standard InChI is InChI=1S/C46H32N2/c1-3-16-31(4-2)46(32-17-7-5-8-18-32)39-23-12-11-21-38(39)44-40(46)29-28-37-36-27-26-34(41-24-13-14-30-47-41)35-22-15-25-42(43(35)36)48(45(37)44)33-19-9-6-10-20-33/h3-30H,1-2H2/b31-16+.